The van der Waals surface area contributed by atoms with E-state index < -0.39 is 32.2 Å². The van der Waals surface area contributed by atoms with E-state index in [0.717, 1.165) is 19.6 Å². The molecule has 2 heterocycles. The second-order valence-corrected chi connectivity index (χ2v) is 6.70. The Morgan fingerprint density at radius 2 is 2.00 bits per heavy atom. The quantitative estimate of drug-likeness (QED) is 0.712. The van der Waals surface area contributed by atoms with Gasteiger partial charge in [-0.05, 0) is 12.8 Å². The van der Waals surface area contributed by atoms with E-state index in [1.165, 1.54) is 14.1 Å². The lowest BCUT2D eigenvalue weighted by Gasteiger charge is -2.22. The standard InChI is InChI=1S/C11H17N3O5S/c1-12-6-9(10(16)13(2)11(12)17)20(18,19)14-5-3-4-8(14)7-15/h6,8,15H,3-5,7H2,1-2H3. The van der Waals surface area contributed by atoms with E-state index in [1.54, 1.807) is 0 Å². The van der Waals surface area contributed by atoms with Crippen LogP contribution in [0, 0.1) is 0 Å². The van der Waals surface area contributed by atoms with E-state index >= 15 is 0 Å². The molecule has 0 aliphatic carbocycles. The number of hydrogen-bond acceptors (Lipinski definition) is 5. The third kappa shape index (κ3) is 2.21. The lowest BCUT2D eigenvalue weighted by molar-refractivity contribution is 0.213. The highest BCUT2D eigenvalue weighted by molar-refractivity contribution is 7.89. The molecule has 0 saturated carbocycles. The number of nitrogens with zero attached hydrogens (tertiary/aromatic N) is 3. The summed E-state index contributed by atoms with van der Waals surface area (Å²) in [6.07, 6.45) is 2.23. The van der Waals surface area contributed by atoms with Crippen LogP contribution in [-0.4, -0.2) is 46.2 Å². The van der Waals surface area contributed by atoms with Gasteiger partial charge in [0.1, 0.15) is 0 Å². The summed E-state index contributed by atoms with van der Waals surface area (Å²) in [4.78, 5) is 23.2. The molecule has 112 valence electrons. The van der Waals surface area contributed by atoms with Crippen LogP contribution in [0.3, 0.4) is 0 Å². The van der Waals surface area contributed by atoms with Crippen molar-refractivity contribution in [3.8, 4) is 0 Å². The van der Waals surface area contributed by atoms with E-state index in [9.17, 15) is 23.1 Å². The molecule has 1 aromatic rings. The molecular weight excluding hydrogens is 286 g/mol. The van der Waals surface area contributed by atoms with Gasteiger partial charge in [-0.3, -0.25) is 9.36 Å². The predicted octanol–water partition coefficient (Wildman–Crippen LogP) is -1.77. The molecule has 1 fully saturated rings. The number of sulfonamides is 1. The van der Waals surface area contributed by atoms with Crippen LogP contribution in [0.4, 0.5) is 0 Å². The van der Waals surface area contributed by atoms with Crippen molar-refractivity contribution in [1.29, 1.82) is 0 Å². The summed E-state index contributed by atoms with van der Waals surface area (Å²) >= 11 is 0. The minimum absolute atomic E-state index is 0.263. The molecule has 1 atom stereocenters. The highest BCUT2D eigenvalue weighted by Gasteiger charge is 2.37. The van der Waals surface area contributed by atoms with E-state index in [0.29, 0.717) is 12.8 Å². The van der Waals surface area contributed by atoms with Gasteiger partial charge in [0.25, 0.3) is 5.56 Å². The average Bonchev–Trinajstić information content (AvgIpc) is 2.89. The summed E-state index contributed by atoms with van der Waals surface area (Å²) in [5, 5.41) is 9.22. The van der Waals surface area contributed by atoms with Gasteiger partial charge in [-0.25, -0.2) is 13.2 Å². The van der Waals surface area contributed by atoms with Crippen molar-refractivity contribution in [3.05, 3.63) is 27.0 Å². The maximum atomic E-state index is 12.5. The maximum Gasteiger partial charge on any atom is 0.330 e. The number of aliphatic hydroxyl groups excluding tert-OH is 1. The van der Waals surface area contributed by atoms with Gasteiger partial charge in [0.2, 0.25) is 10.0 Å². The molecule has 0 bridgehead atoms. The molecule has 0 radical (unpaired) electrons. The fraction of sp³-hybridized carbons (Fsp3) is 0.636. The van der Waals surface area contributed by atoms with Gasteiger partial charge in [-0.15, -0.1) is 0 Å². The van der Waals surface area contributed by atoms with Crippen LogP contribution in [-0.2, 0) is 24.1 Å². The van der Waals surface area contributed by atoms with Crippen molar-refractivity contribution in [2.45, 2.75) is 23.8 Å². The third-order valence-corrected chi connectivity index (χ3v) is 5.47. The smallest absolute Gasteiger partial charge is 0.330 e. The summed E-state index contributed by atoms with van der Waals surface area (Å²) < 4.78 is 28.0. The Balaban J connectivity index is 2.62. The molecule has 8 nitrogen and oxygen atoms in total. The fourth-order valence-corrected chi connectivity index (χ4v) is 4.22. The summed E-state index contributed by atoms with van der Waals surface area (Å²) in [6, 6.07) is -0.512. The van der Waals surface area contributed by atoms with Crippen molar-refractivity contribution < 1.29 is 13.5 Å². The van der Waals surface area contributed by atoms with Crippen LogP contribution in [0.15, 0.2) is 20.7 Å². The van der Waals surface area contributed by atoms with E-state index in [1.807, 2.05) is 0 Å². The molecule has 1 saturated heterocycles. The number of hydrogen-bond donors (Lipinski definition) is 1. The van der Waals surface area contributed by atoms with Crippen LogP contribution in [0.1, 0.15) is 12.8 Å². The van der Waals surface area contributed by atoms with Gasteiger partial charge in [0.15, 0.2) is 4.90 Å². The van der Waals surface area contributed by atoms with Gasteiger partial charge in [0, 0.05) is 32.9 Å². The van der Waals surface area contributed by atoms with Crippen molar-refractivity contribution in [1.82, 2.24) is 13.4 Å². The summed E-state index contributed by atoms with van der Waals surface area (Å²) in [5.41, 5.74) is -1.44. The molecule has 20 heavy (non-hydrogen) atoms. The Labute approximate surface area is 115 Å². The molecule has 1 aromatic heterocycles. The number of aromatic nitrogens is 2. The van der Waals surface area contributed by atoms with Gasteiger partial charge in [0.05, 0.1) is 6.61 Å². The van der Waals surface area contributed by atoms with Gasteiger partial charge < -0.3 is 9.67 Å². The van der Waals surface area contributed by atoms with Gasteiger partial charge in [-0.1, -0.05) is 0 Å². The van der Waals surface area contributed by atoms with Crippen molar-refractivity contribution >= 4 is 10.0 Å². The molecule has 1 aliphatic heterocycles. The fourth-order valence-electron chi connectivity index (χ4n) is 2.39. The highest BCUT2D eigenvalue weighted by Crippen LogP contribution is 2.23. The minimum Gasteiger partial charge on any atom is -0.395 e. The summed E-state index contributed by atoms with van der Waals surface area (Å²) in [6.45, 7) is -0.0230. The zero-order chi connectivity index (χ0) is 15.1. The molecule has 1 aliphatic rings. The Kier molecular flexibility index (Phi) is 3.85. The van der Waals surface area contributed by atoms with Crippen LogP contribution in [0.25, 0.3) is 0 Å². The summed E-state index contributed by atoms with van der Waals surface area (Å²) in [7, 11) is -1.40. The maximum absolute atomic E-state index is 12.5. The van der Waals surface area contributed by atoms with Crippen molar-refractivity contribution in [3.63, 3.8) is 0 Å². The molecule has 9 heteroatoms. The second-order valence-electron chi connectivity index (χ2n) is 4.85. The van der Waals surface area contributed by atoms with Crippen molar-refractivity contribution in [2.24, 2.45) is 14.1 Å². The Bertz CT molecular complexity index is 733. The molecule has 2 rings (SSSR count). The molecule has 0 amide bonds. The van der Waals surface area contributed by atoms with Crippen LogP contribution >= 0.6 is 0 Å². The molecule has 1 N–H and O–H groups in total. The van der Waals surface area contributed by atoms with E-state index in [2.05, 4.69) is 0 Å². The first kappa shape index (κ1) is 14.9. The monoisotopic (exact) mass is 303 g/mol. The van der Waals surface area contributed by atoms with E-state index in [-0.39, 0.29) is 13.2 Å². The first-order chi connectivity index (χ1) is 9.30. The Morgan fingerprint density at radius 1 is 1.35 bits per heavy atom. The summed E-state index contributed by atoms with van der Waals surface area (Å²) in [5.74, 6) is 0. The second kappa shape index (κ2) is 5.15. The number of rotatable bonds is 3. The first-order valence-electron chi connectivity index (χ1n) is 6.20. The predicted molar refractivity (Wildman–Crippen MR) is 70.9 cm³/mol. The molecule has 0 aromatic carbocycles. The lowest BCUT2D eigenvalue weighted by Crippen LogP contribution is -2.44. The first-order valence-corrected chi connectivity index (χ1v) is 7.64. The van der Waals surface area contributed by atoms with E-state index in [4.69, 9.17) is 0 Å². The molecule has 1 unspecified atom stereocenters. The molecule has 0 spiro atoms. The topological polar surface area (TPSA) is 102 Å². The zero-order valence-electron chi connectivity index (χ0n) is 11.3. The molecular formula is C11H17N3O5S. The van der Waals surface area contributed by atoms with Crippen molar-refractivity contribution in [2.75, 3.05) is 13.2 Å². The number of aryl methyl sites for hydroxylation is 1. The van der Waals surface area contributed by atoms with Gasteiger partial charge >= 0.3 is 5.69 Å². The van der Waals surface area contributed by atoms with Crippen LogP contribution in [0.5, 0.6) is 0 Å². The average molecular weight is 303 g/mol. The Morgan fingerprint density at radius 3 is 2.60 bits per heavy atom. The highest BCUT2D eigenvalue weighted by atomic mass is 32.2. The Hall–Kier alpha value is -1.45. The number of aliphatic hydroxyl groups is 1. The van der Waals surface area contributed by atoms with Crippen LogP contribution in [0.2, 0.25) is 0 Å². The van der Waals surface area contributed by atoms with Gasteiger partial charge in [-0.2, -0.15) is 4.31 Å². The SMILES string of the molecule is Cn1cc(S(=O)(=O)N2CCCC2CO)c(=O)n(C)c1=O. The normalized spacial score (nSPS) is 20.4. The minimum atomic E-state index is -4.01. The van der Waals surface area contributed by atoms with Crippen LogP contribution < -0.4 is 11.2 Å². The lowest BCUT2D eigenvalue weighted by atomic mass is 10.2. The zero-order valence-corrected chi connectivity index (χ0v) is 12.1. The third-order valence-electron chi connectivity index (χ3n) is 3.54. The largest absolute Gasteiger partial charge is 0.395 e.